The van der Waals surface area contributed by atoms with E-state index in [1.165, 1.54) is 12.1 Å². The van der Waals surface area contributed by atoms with Gasteiger partial charge in [-0.05, 0) is 23.8 Å². The third-order valence-electron chi connectivity index (χ3n) is 2.64. The van der Waals surface area contributed by atoms with E-state index in [-0.39, 0.29) is 16.7 Å². The molecule has 0 bridgehead atoms. The highest BCUT2D eigenvalue weighted by atomic mass is 19.4. The maximum Gasteiger partial charge on any atom is 0.573 e. The van der Waals surface area contributed by atoms with Crippen LogP contribution < -0.4 is 4.74 Å². The molecule has 0 saturated heterocycles. The van der Waals surface area contributed by atoms with Gasteiger partial charge in [-0.2, -0.15) is 4.39 Å². The van der Waals surface area contributed by atoms with Gasteiger partial charge in [0.1, 0.15) is 5.75 Å². The topological polar surface area (TPSA) is 48.4 Å². The minimum atomic E-state index is -4.86. The van der Waals surface area contributed by atoms with Crippen LogP contribution in [0, 0.1) is 5.95 Å². The number of esters is 1. The zero-order valence-corrected chi connectivity index (χ0v) is 11.1. The lowest BCUT2D eigenvalue weighted by Crippen LogP contribution is -2.17. The van der Waals surface area contributed by atoms with E-state index < -0.39 is 24.0 Å². The van der Waals surface area contributed by atoms with Crippen LogP contribution in [0.5, 0.6) is 5.75 Å². The quantitative estimate of drug-likeness (QED) is 0.493. The zero-order chi connectivity index (χ0) is 16.3. The molecule has 1 aromatic carbocycles. The predicted octanol–water partition coefficient (Wildman–Crippen LogP) is 3.57. The average Bonchev–Trinajstić information content (AvgIpc) is 2.45. The number of benzene rings is 1. The summed E-state index contributed by atoms with van der Waals surface area (Å²) in [5.41, 5.74) is -0.0888. The van der Waals surface area contributed by atoms with Gasteiger partial charge in [0.2, 0.25) is 5.95 Å². The Morgan fingerprint density at radius 3 is 2.59 bits per heavy atom. The molecule has 0 unspecified atom stereocenters. The van der Waals surface area contributed by atoms with Crippen molar-refractivity contribution in [1.82, 2.24) is 4.98 Å². The van der Waals surface area contributed by atoms with Crippen molar-refractivity contribution >= 4 is 5.97 Å². The first-order valence-electron chi connectivity index (χ1n) is 5.90. The Kier molecular flexibility index (Phi) is 4.30. The zero-order valence-electron chi connectivity index (χ0n) is 11.1. The SMILES string of the molecule is COC(=O)c1cnc(F)c(-c2cccc(OC(F)(F)F)c2)c1. The van der Waals surface area contributed by atoms with Crippen LogP contribution in [0.2, 0.25) is 0 Å². The first kappa shape index (κ1) is 15.7. The summed E-state index contributed by atoms with van der Waals surface area (Å²) in [4.78, 5) is 14.8. The van der Waals surface area contributed by atoms with Crippen LogP contribution in [0.25, 0.3) is 11.1 Å². The highest BCUT2D eigenvalue weighted by Crippen LogP contribution is 2.29. The molecule has 0 aliphatic heterocycles. The van der Waals surface area contributed by atoms with Crippen molar-refractivity contribution in [2.24, 2.45) is 0 Å². The van der Waals surface area contributed by atoms with Gasteiger partial charge in [0.05, 0.1) is 12.7 Å². The van der Waals surface area contributed by atoms with Crippen molar-refractivity contribution in [2.45, 2.75) is 6.36 Å². The van der Waals surface area contributed by atoms with Crippen molar-refractivity contribution < 1.29 is 31.8 Å². The van der Waals surface area contributed by atoms with Crippen molar-refractivity contribution in [3.05, 3.63) is 48.0 Å². The van der Waals surface area contributed by atoms with E-state index >= 15 is 0 Å². The van der Waals surface area contributed by atoms with E-state index in [2.05, 4.69) is 14.5 Å². The summed E-state index contributed by atoms with van der Waals surface area (Å²) in [6.45, 7) is 0. The highest BCUT2D eigenvalue weighted by Gasteiger charge is 2.31. The minimum absolute atomic E-state index is 0.0268. The van der Waals surface area contributed by atoms with Crippen LogP contribution >= 0.6 is 0 Å². The number of pyridine rings is 1. The Hall–Kier alpha value is -2.64. The molecule has 2 rings (SSSR count). The monoisotopic (exact) mass is 315 g/mol. The molecule has 0 N–H and O–H groups in total. The van der Waals surface area contributed by atoms with Crippen LogP contribution in [-0.4, -0.2) is 24.4 Å². The van der Waals surface area contributed by atoms with E-state index in [0.29, 0.717) is 0 Å². The molecule has 4 nitrogen and oxygen atoms in total. The van der Waals surface area contributed by atoms with Gasteiger partial charge in [0.25, 0.3) is 0 Å². The Balaban J connectivity index is 2.43. The molecule has 0 fully saturated rings. The van der Waals surface area contributed by atoms with E-state index in [9.17, 15) is 22.4 Å². The Morgan fingerprint density at radius 1 is 1.23 bits per heavy atom. The van der Waals surface area contributed by atoms with Crippen molar-refractivity contribution in [3.8, 4) is 16.9 Å². The standard InChI is InChI=1S/C14H9F4NO3/c1-21-13(20)9-6-11(12(15)19-7-9)8-3-2-4-10(5-8)22-14(16,17)18/h2-7H,1H3. The molecule has 0 atom stereocenters. The van der Waals surface area contributed by atoms with E-state index in [0.717, 1.165) is 31.5 Å². The largest absolute Gasteiger partial charge is 0.573 e. The van der Waals surface area contributed by atoms with E-state index in [4.69, 9.17) is 0 Å². The van der Waals surface area contributed by atoms with Gasteiger partial charge in [-0.3, -0.25) is 0 Å². The number of hydrogen-bond donors (Lipinski definition) is 0. The Morgan fingerprint density at radius 2 is 1.95 bits per heavy atom. The molecule has 0 aliphatic rings. The maximum absolute atomic E-state index is 13.8. The molecule has 0 spiro atoms. The Labute approximate surface area is 122 Å². The van der Waals surface area contributed by atoms with Crippen molar-refractivity contribution in [1.29, 1.82) is 0 Å². The third-order valence-corrected chi connectivity index (χ3v) is 2.64. The van der Waals surface area contributed by atoms with Gasteiger partial charge in [-0.1, -0.05) is 12.1 Å². The molecule has 0 radical (unpaired) electrons. The molecule has 0 saturated carbocycles. The number of methoxy groups -OCH3 is 1. The second-order valence-electron chi connectivity index (χ2n) is 4.13. The Bertz CT molecular complexity index is 701. The number of halogens is 4. The number of alkyl halides is 3. The molecule has 0 amide bonds. The fraction of sp³-hybridized carbons (Fsp3) is 0.143. The number of ether oxygens (including phenoxy) is 2. The summed E-state index contributed by atoms with van der Waals surface area (Å²) in [5, 5.41) is 0. The fourth-order valence-electron chi connectivity index (χ4n) is 1.74. The van der Waals surface area contributed by atoms with Crippen LogP contribution in [0.15, 0.2) is 36.5 Å². The summed E-state index contributed by atoms with van der Waals surface area (Å²) >= 11 is 0. The smallest absolute Gasteiger partial charge is 0.465 e. The number of hydrogen-bond acceptors (Lipinski definition) is 4. The molecular weight excluding hydrogens is 306 g/mol. The normalized spacial score (nSPS) is 11.1. The second-order valence-corrected chi connectivity index (χ2v) is 4.13. The van der Waals surface area contributed by atoms with Crippen LogP contribution in [0.3, 0.4) is 0 Å². The van der Waals surface area contributed by atoms with Gasteiger partial charge >= 0.3 is 12.3 Å². The fourth-order valence-corrected chi connectivity index (χ4v) is 1.74. The summed E-state index contributed by atoms with van der Waals surface area (Å²) in [6, 6.07) is 5.84. The molecular formula is C14H9F4NO3. The number of aromatic nitrogens is 1. The van der Waals surface area contributed by atoms with E-state index in [1.54, 1.807) is 0 Å². The lowest BCUT2D eigenvalue weighted by Gasteiger charge is -2.10. The van der Waals surface area contributed by atoms with Gasteiger partial charge in [-0.25, -0.2) is 9.78 Å². The molecule has 8 heteroatoms. The number of nitrogens with zero attached hydrogens (tertiary/aromatic N) is 1. The maximum atomic E-state index is 13.8. The molecule has 116 valence electrons. The minimum Gasteiger partial charge on any atom is -0.465 e. The van der Waals surface area contributed by atoms with Crippen LogP contribution in [0.1, 0.15) is 10.4 Å². The summed E-state index contributed by atoms with van der Waals surface area (Å²) in [6.07, 6.45) is -3.88. The number of carbonyl (C=O) groups is 1. The van der Waals surface area contributed by atoms with Gasteiger partial charge in [-0.15, -0.1) is 13.2 Å². The lowest BCUT2D eigenvalue weighted by molar-refractivity contribution is -0.274. The van der Waals surface area contributed by atoms with Gasteiger partial charge < -0.3 is 9.47 Å². The molecule has 1 aromatic heterocycles. The predicted molar refractivity (Wildman–Crippen MR) is 67.7 cm³/mol. The summed E-state index contributed by atoms with van der Waals surface area (Å²) in [5.74, 6) is -2.18. The number of rotatable bonds is 3. The lowest BCUT2D eigenvalue weighted by atomic mass is 10.1. The van der Waals surface area contributed by atoms with Gasteiger partial charge in [0.15, 0.2) is 0 Å². The van der Waals surface area contributed by atoms with Gasteiger partial charge in [0, 0.05) is 11.8 Å². The second kappa shape index (κ2) is 6.00. The van der Waals surface area contributed by atoms with E-state index in [1.807, 2.05) is 0 Å². The van der Waals surface area contributed by atoms with Crippen molar-refractivity contribution in [2.75, 3.05) is 7.11 Å². The molecule has 1 heterocycles. The first-order chi connectivity index (χ1) is 10.3. The molecule has 2 aromatic rings. The number of carbonyl (C=O) groups excluding carboxylic acids is 1. The van der Waals surface area contributed by atoms with Crippen molar-refractivity contribution in [3.63, 3.8) is 0 Å². The molecule has 22 heavy (non-hydrogen) atoms. The highest BCUT2D eigenvalue weighted by molar-refractivity contribution is 5.90. The average molecular weight is 315 g/mol. The first-order valence-corrected chi connectivity index (χ1v) is 5.90. The van der Waals surface area contributed by atoms with Crippen LogP contribution in [-0.2, 0) is 4.74 Å². The van der Waals surface area contributed by atoms with Crippen LogP contribution in [0.4, 0.5) is 17.6 Å². The summed E-state index contributed by atoms with van der Waals surface area (Å²) < 4.78 is 58.6. The summed E-state index contributed by atoms with van der Waals surface area (Å²) in [7, 11) is 1.14. The third kappa shape index (κ3) is 3.72. The molecule has 0 aliphatic carbocycles.